The highest BCUT2D eigenvalue weighted by molar-refractivity contribution is 5.92. The minimum atomic E-state index is -0.308. The summed E-state index contributed by atoms with van der Waals surface area (Å²) >= 11 is 0. The van der Waals surface area contributed by atoms with Crippen molar-refractivity contribution in [2.75, 3.05) is 11.9 Å². The Morgan fingerprint density at radius 2 is 1.58 bits per heavy atom. The highest BCUT2D eigenvalue weighted by atomic mass is 16.5. The summed E-state index contributed by atoms with van der Waals surface area (Å²) in [4.78, 5) is 31.1. The Morgan fingerprint density at radius 1 is 0.909 bits per heavy atom. The fraction of sp³-hybridized carbons (Fsp3) is 0.115. The van der Waals surface area contributed by atoms with E-state index in [4.69, 9.17) is 9.47 Å². The second-order valence-electron chi connectivity index (χ2n) is 7.54. The van der Waals surface area contributed by atoms with Gasteiger partial charge < -0.3 is 19.8 Å². The Bertz CT molecular complexity index is 1310. The molecule has 3 aromatic carbocycles. The molecule has 2 N–H and O–H groups in total. The molecule has 0 radical (unpaired) electrons. The summed E-state index contributed by atoms with van der Waals surface area (Å²) in [6.45, 7) is 3.62. The Hall–Kier alpha value is -4.39. The lowest BCUT2D eigenvalue weighted by Gasteiger charge is -2.10. The molecule has 33 heavy (non-hydrogen) atoms. The molecule has 0 saturated carbocycles. The molecule has 166 valence electrons. The molecule has 0 atom stereocenters. The Labute approximate surface area is 191 Å². The first-order valence-electron chi connectivity index (χ1n) is 10.4. The summed E-state index contributed by atoms with van der Waals surface area (Å²) in [5, 5.41) is 2.79. The van der Waals surface area contributed by atoms with Crippen molar-refractivity contribution in [3.63, 3.8) is 0 Å². The summed E-state index contributed by atoms with van der Waals surface area (Å²) in [6.07, 6.45) is 0. The third-order valence-corrected chi connectivity index (χ3v) is 4.74. The first kappa shape index (κ1) is 21.8. The van der Waals surface area contributed by atoms with Crippen LogP contribution in [0.4, 0.5) is 5.69 Å². The molecule has 7 nitrogen and oxygen atoms in total. The van der Waals surface area contributed by atoms with Crippen molar-refractivity contribution in [3.05, 3.63) is 100 Å². The van der Waals surface area contributed by atoms with E-state index in [1.807, 2.05) is 37.3 Å². The number of ether oxygens (including phenoxy) is 2. The summed E-state index contributed by atoms with van der Waals surface area (Å²) < 4.78 is 11.4. The van der Waals surface area contributed by atoms with Crippen LogP contribution in [0.15, 0.2) is 83.7 Å². The van der Waals surface area contributed by atoms with Crippen LogP contribution in [0.1, 0.15) is 11.3 Å². The second kappa shape index (κ2) is 9.82. The topological polar surface area (TPSA) is 93.3 Å². The molecular weight excluding hydrogens is 418 g/mol. The van der Waals surface area contributed by atoms with Gasteiger partial charge in [-0.05, 0) is 62.4 Å². The zero-order chi connectivity index (χ0) is 23.2. The van der Waals surface area contributed by atoms with Crippen LogP contribution in [0.25, 0.3) is 11.4 Å². The third-order valence-electron chi connectivity index (χ3n) is 4.74. The fourth-order valence-electron chi connectivity index (χ4n) is 3.15. The molecule has 0 saturated heterocycles. The average Bonchev–Trinajstić information content (AvgIpc) is 2.80. The van der Waals surface area contributed by atoms with Gasteiger partial charge in [0.05, 0.1) is 0 Å². The third kappa shape index (κ3) is 6.07. The Kier molecular flexibility index (Phi) is 6.50. The number of hydrogen-bond donors (Lipinski definition) is 2. The number of anilines is 1. The Balaban J connectivity index is 1.33. The lowest BCUT2D eigenvalue weighted by molar-refractivity contribution is -0.118. The summed E-state index contributed by atoms with van der Waals surface area (Å²) in [6, 6.07) is 23.4. The van der Waals surface area contributed by atoms with Gasteiger partial charge in [0.1, 0.15) is 23.1 Å². The van der Waals surface area contributed by atoms with Gasteiger partial charge in [-0.3, -0.25) is 9.59 Å². The van der Waals surface area contributed by atoms with E-state index in [1.165, 1.54) is 6.07 Å². The quantitative estimate of drug-likeness (QED) is 0.427. The van der Waals surface area contributed by atoms with E-state index in [0.717, 1.165) is 11.3 Å². The predicted molar refractivity (Wildman–Crippen MR) is 127 cm³/mol. The number of aryl methyl sites for hydroxylation is 2. The largest absolute Gasteiger partial charge is 0.484 e. The highest BCUT2D eigenvalue weighted by Crippen LogP contribution is 2.24. The maximum Gasteiger partial charge on any atom is 0.262 e. The van der Waals surface area contributed by atoms with E-state index in [9.17, 15) is 9.59 Å². The van der Waals surface area contributed by atoms with Crippen molar-refractivity contribution in [3.8, 4) is 28.6 Å². The molecule has 0 aliphatic rings. The van der Waals surface area contributed by atoms with Gasteiger partial charge in [0.15, 0.2) is 6.61 Å². The SMILES string of the molecule is Cc1ccc(Oc2ccc(OCC(=O)Nc3cccc(-c4nc(C)cc(=O)[nH]4)c3)cc2)cc1. The van der Waals surface area contributed by atoms with Gasteiger partial charge in [0, 0.05) is 23.0 Å². The Morgan fingerprint density at radius 3 is 2.27 bits per heavy atom. The highest BCUT2D eigenvalue weighted by Gasteiger charge is 2.07. The van der Waals surface area contributed by atoms with Gasteiger partial charge in [0.25, 0.3) is 11.5 Å². The molecule has 7 heteroatoms. The maximum absolute atomic E-state index is 12.3. The van der Waals surface area contributed by atoms with Crippen LogP contribution >= 0.6 is 0 Å². The van der Waals surface area contributed by atoms with E-state index < -0.39 is 0 Å². The van der Waals surface area contributed by atoms with Crippen molar-refractivity contribution in [2.45, 2.75) is 13.8 Å². The van der Waals surface area contributed by atoms with Crippen molar-refractivity contribution in [1.29, 1.82) is 0 Å². The number of carbonyl (C=O) groups is 1. The standard InChI is InChI=1S/C26H23N3O4/c1-17-6-8-22(9-7-17)33-23-12-10-21(11-13-23)32-16-25(31)28-20-5-3-4-19(15-20)26-27-18(2)14-24(30)29-26/h3-15H,16H2,1-2H3,(H,28,31)(H,27,29,30). The lowest BCUT2D eigenvalue weighted by atomic mass is 10.2. The van der Waals surface area contributed by atoms with Crippen molar-refractivity contribution >= 4 is 11.6 Å². The normalized spacial score (nSPS) is 10.5. The van der Waals surface area contributed by atoms with Crippen LogP contribution in [0.3, 0.4) is 0 Å². The number of aromatic nitrogens is 2. The minimum absolute atomic E-state index is 0.151. The number of rotatable bonds is 7. The van der Waals surface area contributed by atoms with Crippen LogP contribution in [-0.2, 0) is 4.79 Å². The van der Waals surface area contributed by atoms with E-state index in [0.29, 0.717) is 34.3 Å². The number of hydrogen-bond acceptors (Lipinski definition) is 5. The van der Waals surface area contributed by atoms with Crippen LogP contribution < -0.4 is 20.3 Å². The molecule has 1 amide bonds. The van der Waals surface area contributed by atoms with Gasteiger partial charge >= 0.3 is 0 Å². The van der Waals surface area contributed by atoms with E-state index in [1.54, 1.807) is 49.4 Å². The number of amides is 1. The number of aromatic amines is 1. The molecule has 0 bridgehead atoms. The van der Waals surface area contributed by atoms with Crippen LogP contribution in [0.2, 0.25) is 0 Å². The number of H-pyrrole nitrogens is 1. The molecule has 0 aliphatic carbocycles. The van der Waals surface area contributed by atoms with Gasteiger partial charge in [-0.15, -0.1) is 0 Å². The van der Waals surface area contributed by atoms with Crippen molar-refractivity contribution in [2.24, 2.45) is 0 Å². The summed E-state index contributed by atoms with van der Waals surface area (Å²) in [5.41, 5.74) is 2.83. The smallest absolute Gasteiger partial charge is 0.262 e. The van der Waals surface area contributed by atoms with Gasteiger partial charge in [-0.25, -0.2) is 4.98 Å². The molecule has 4 aromatic rings. The summed E-state index contributed by atoms with van der Waals surface area (Å²) in [7, 11) is 0. The molecule has 0 fully saturated rings. The maximum atomic E-state index is 12.3. The zero-order valence-electron chi connectivity index (χ0n) is 18.3. The molecular formula is C26H23N3O4. The first-order chi connectivity index (χ1) is 15.9. The van der Waals surface area contributed by atoms with E-state index >= 15 is 0 Å². The van der Waals surface area contributed by atoms with Crippen LogP contribution in [0, 0.1) is 13.8 Å². The molecule has 4 rings (SSSR count). The van der Waals surface area contributed by atoms with Crippen molar-refractivity contribution < 1.29 is 14.3 Å². The van der Waals surface area contributed by atoms with Crippen LogP contribution in [0.5, 0.6) is 17.2 Å². The molecule has 1 aromatic heterocycles. The molecule has 0 spiro atoms. The fourth-order valence-corrected chi connectivity index (χ4v) is 3.15. The van der Waals surface area contributed by atoms with Crippen molar-refractivity contribution in [1.82, 2.24) is 9.97 Å². The monoisotopic (exact) mass is 441 g/mol. The van der Waals surface area contributed by atoms with Gasteiger partial charge in [-0.1, -0.05) is 29.8 Å². The first-order valence-corrected chi connectivity index (χ1v) is 10.4. The summed E-state index contributed by atoms with van der Waals surface area (Å²) in [5.74, 6) is 2.12. The minimum Gasteiger partial charge on any atom is -0.484 e. The average molecular weight is 441 g/mol. The number of carbonyl (C=O) groups excluding carboxylic acids is 1. The van der Waals surface area contributed by atoms with Crippen LogP contribution in [-0.4, -0.2) is 22.5 Å². The van der Waals surface area contributed by atoms with E-state index in [-0.39, 0.29) is 18.1 Å². The second-order valence-corrected chi connectivity index (χ2v) is 7.54. The van der Waals surface area contributed by atoms with Gasteiger partial charge in [0.2, 0.25) is 0 Å². The zero-order valence-corrected chi connectivity index (χ0v) is 18.3. The predicted octanol–water partition coefficient (Wildman–Crippen LogP) is 4.86. The number of nitrogens with zero attached hydrogens (tertiary/aromatic N) is 1. The molecule has 1 heterocycles. The van der Waals surface area contributed by atoms with E-state index in [2.05, 4.69) is 15.3 Å². The number of benzene rings is 3. The molecule has 0 aliphatic heterocycles. The lowest BCUT2D eigenvalue weighted by Crippen LogP contribution is -2.20. The molecule has 0 unspecified atom stereocenters. The number of nitrogens with one attached hydrogen (secondary N) is 2. The van der Waals surface area contributed by atoms with Gasteiger partial charge in [-0.2, -0.15) is 0 Å².